The van der Waals surface area contributed by atoms with E-state index in [-0.39, 0.29) is 6.10 Å². The van der Waals surface area contributed by atoms with Crippen molar-refractivity contribution in [1.29, 1.82) is 0 Å². The molecule has 0 aliphatic rings. The molecule has 0 saturated heterocycles. The van der Waals surface area contributed by atoms with Crippen LogP contribution >= 0.6 is 0 Å². The van der Waals surface area contributed by atoms with Gasteiger partial charge in [-0.15, -0.1) is 6.58 Å². The minimum absolute atomic E-state index is 0.376. The van der Waals surface area contributed by atoms with E-state index in [2.05, 4.69) is 6.58 Å². The number of rotatable bonds is 11. The number of nitrogens with zero attached hydrogens (tertiary/aromatic N) is 1. The fourth-order valence-corrected chi connectivity index (χ4v) is 2.37. The number of unbranched alkanes of at least 4 members (excludes halogenated alkanes) is 2. The number of aliphatic hydroxyl groups excluding tert-OH is 1. The van der Waals surface area contributed by atoms with Crippen molar-refractivity contribution in [2.75, 3.05) is 27.2 Å². The van der Waals surface area contributed by atoms with Crippen LogP contribution in [0.4, 0.5) is 0 Å². The number of carboxylic acid groups (broad SMARTS) is 1. The van der Waals surface area contributed by atoms with Gasteiger partial charge in [-0.1, -0.05) is 19.4 Å². The maximum Gasteiger partial charge on any atom is 0.105 e. The SMILES string of the molecule is C=CCCCCC(O)C[N+](C)(C)CC(CC)C(=O)[O-]. The summed E-state index contributed by atoms with van der Waals surface area (Å²) in [6, 6.07) is 0. The van der Waals surface area contributed by atoms with Crippen molar-refractivity contribution in [3.05, 3.63) is 12.7 Å². The number of allylic oxidation sites excluding steroid dienone is 1. The van der Waals surface area contributed by atoms with Crippen molar-refractivity contribution >= 4 is 5.97 Å². The molecule has 0 rings (SSSR count). The highest BCUT2D eigenvalue weighted by atomic mass is 16.4. The second kappa shape index (κ2) is 9.10. The fourth-order valence-electron chi connectivity index (χ4n) is 2.37. The third-order valence-electron chi connectivity index (χ3n) is 3.44. The van der Waals surface area contributed by atoms with E-state index in [0.717, 1.165) is 25.7 Å². The van der Waals surface area contributed by atoms with Gasteiger partial charge in [-0.05, 0) is 25.7 Å². The maximum absolute atomic E-state index is 10.9. The fraction of sp³-hybridized carbons (Fsp3) is 0.800. The summed E-state index contributed by atoms with van der Waals surface area (Å²) < 4.78 is 0.509. The van der Waals surface area contributed by atoms with E-state index in [0.29, 0.717) is 24.0 Å². The smallest absolute Gasteiger partial charge is 0.105 e. The zero-order valence-corrected chi connectivity index (χ0v) is 12.6. The Balaban J connectivity index is 4.11. The Morgan fingerprint density at radius 1 is 1.37 bits per heavy atom. The number of quaternary nitrogens is 1. The van der Waals surface area contributed by atoms with Crippen LogP contribution in [0, 0.1) is 5.92 Å². The molecule has 0 bridgehead atoms. The van der Waals surface area contributed by atoms with E-state index in [4.69, 9.17) is 0 Å². The van der Waals surface area contributed by atoms with Gasteiger partial charge >= 0.3 is 0 Å². The van der Waals surface area contributed by atoms with E-state index < -0.39 is 11.9 Å². The van der Waals surface area contributed by atoms with Crippen LogP contribution in [0.2, 0.25) is 0 Å². The van der Waals surface area contributed by atoms with Crippen LogP contribution < -0.4 is 5.11 Å². The molecule has 1 N–H and O–H groups in total. The van der Waals surface area contributed by atoms with Crippen LogP contribution in [0.15, 0.2) is 12.7 Å². The van der Waals surface area contributed by atoms with Crippen molar-refractivity contribution in [2.45, 2.75) is 45.1 Å². The molecule has 0 aliphatic carbocycles. The van der Waals surface area contributed by atoms with Crippen LogP contribution in [-0.4, -0.2) is 48.8 Å². The molecule has 19 heavy (non-hydrogen) atoms. The Morgan fingerprint density at radius 2 is 2.00 bits per heavy atom. The molecule has 4 heteroatoms. The van der Waals surface area contributed by atoms with Gasteiger partial charge in [0.2, 0.25) is 0 Å². The molecule has 0 spiro atoms. The number of hydrogen-bond donors (Lipinski definition) is 1. The predicted octanol–water partition coefficient (Wildman–Crippen LogP) is 0.946. The summed E-state index contributed by atoms with van der Waals surface area (Å²) in [7, 11) is 3.91. The molecule has 0 amide bonds. The van der Waals surface area contributed by atoms with E-state index in [1.165, 1.54) is 0 Å². The number of carbonyl (C=O) groups excluding carboxylic acids is 1. The summed E-state index contributed by atoms with van der Waals surface area (Å²) in [5.74, 6) is -1.43. The normalized spacial score (nSPS) is 14.9. The Labute approximate surface area is 117 Å². The first kappa shape index (κ1) is 18.1. The first-order chi connectivity index (χ1) is 8.82. The molecule has 2 unspecified atom stereocenters. The number of carboxylic acids is 1. The maximum atomic E-state index is 10.9. The van der Waals surface area contributed by atoms with Crippen molar-refractivity contribution in [3.8, 4) is 0 Å². The molecule has 0 aromatic rings. The first-order valence-electron chi connectivity index (χ1n) is 7.14. The third kappa shape index (κ3) is 8.78. The lowest BCUT2D eigenvalue weighted by Crippen LogP contribution is -2.51. The largest absolute Gasteiger partial charge is 0.550 e. The summed E-state index contributed by atoms with van der Waals surface area (Å²) >= 11 is 0. The molecular weight excluding hydrogens is 242 g/mol. The van der Waals surface area contributed by atoms with Crippen LogP contribution in [-0.2, 0) is 4.79 Å². The number of aliphatic carboxylic acids is 1. The van der Waals surface area contributed by atoms with Gasteiger partial charge in [0.1, 0.15) is 12.6 Å². The Kier molecular flexibility index (Phi) is 8.68. The highest BCUT2D eigenvalue weighted by molar-refractivity contribution is 5.67. The number of hydrogen-bond acceptors (Lipinski definition) is 3. The first-order valence-corrected chi connectivity index (χ1v) is 7.14. The topological polar surface area (TPSA) is 60.4 Å². The molecule has 0 aliphatic heterocycles. The monoisotopic (exact) mass is 271 g/mol. The van der Waals surface area contributed by atoms with Gasteiger partial charge in [-0.25, -0.2) is 0 Å². The molecule has 4 nitrogen and oxygen atoms in total. The molecular formula is C15H29NO3. The summed E-state index contributed by atoms with van der Waals surface area (Å²) in [4.78, 5) is 10.9. The van der Waals surface area contributed by atoms with E-state index in [1.807, 2.05) is 27.1 Å². The van der Waals surface area contributed by atoms with E-state index in [1.54, 1.807) is 0 Å². The van der Waals surface area contributed by atoms with Crippen molar-refractivity contribution < 1.29 is 19.5 Å². The second-order valence-corrected chi connectivity index (χ2v) is 5.95. The van der Waals surface area contributed by atoms with Crippen LogP contribution in [0.25, 0.3) is 0 Å². The molecule has 0 saturated carbocycles. The zero-order valence-electron chi connectivity index (χ0n) is 12.6. The van der Waals surface area contributed by atoms with Gasteiger partial charge in [-0.3, -0.25) is 0 Å². The molecule has 0 aromatic heterocycles. The lowest BCUT2D eigenvalue weighted by molar-refractivity contribution is -0.896. The van der Waals surface area contributed by atoms with Gasteiger partial charge in [0.25, 0.3) is 0 Å². The van der Waals surface area contributed by atoms with E-state index in [9.17, 15) is 15.0 Å². The quantitative estimate of drug-likeness (QED) is 0.346. The Hall–Kier alpha value is -0.870. The summed E-state index contributed by atoms with van der Waals surface area (Å²) in [6.07, 6.45) is 5.84. The molecule has 0 fully saturated rings. The molecule has 2 atom stereocenters. The number of likely N-dealkylation sites (N-methyl/N-ethyl adjacent to an activating group) is 1. The molecule has 112 valence electrons. The van der Waals surface area contributed by atoms with Gasteiger partial charge in [-0.2, -0.15) is 0 Å². The summed E-state index contributed by atoms with van der Waals surface area (Å²) in [6.45, 7) is 6.61. The van der Waals surface area contributed by atoms with Crippen LogP contribution in [0.1, 0.15) is 39.0 Å². The average molecular weight is 271 g/mol. The molecule has 0 heterocycles. The van der Waals surface area contributed by atoms with Crippen LogP contribution in [0.3, 0.4) is 0 Å². The van der Waals surface area contributed by atoms with E-state index >= 15 is 0 Å². The Bertz CT molecular complexity index is 277. The molecule has 0 aromatic carbocycles. The van der Waals surface area contributed by atoms with Gasteiger partial charge in [0.05, 0.1) is 26.6 Å². The lowest BCUT2D eigenvalue weighted by atomic mass is 10.0. The zero-order chi connectivity index (χ0) is 14.9. The molecule has 0 radical (unpaired) electrons. The lowest BCUT2D eigenvalue weighted by Gasteiger charge is -2.35. The standard InChI is InChI=1S/C15H29NO3/c1-5-7-8-9-10-14(17)12-16(3,4)11-13(6-2)15(18)19/h5,13-14,17H,1,6-12H2,2-4H3. The predicted molar refractivity (Wildman–Crippen MR) is 75.3 cm³/mol. The third-order valence-corrected chi connectivity index (χ3v) is 3.44. The number of aliphatic hydroxyl groups is 1. The Morgan fingerprint density at radius 3 is 2.47 bits per heavy atom. The van der Waals surface area contributed by atoms with Crippen molar-refractivity contribution in [1.82, 2.24) is 0 Å². The number of carbonyl (C=O) groups is 1. The minimum Gasteiger partial charge on any atom is -0.550 e. The highest BCUT2D eigenvalue weighted by Gasteiger charge is 2.24. The highest BCUT2D eigenvalue weighted by Crippen LogP contribution is 2.12. The van der Waals surface area contributed by atoms with Crippen LogP contribution in [0.5, 0.6) is 0 Å². The van der Waals surface area contributed by atoms with Gasteiger partial charge in [0, 0.05) is 5.92 Å². The second-order valence-electron chi connectivity index (χ2n) is 5.95. The summed E-state index contributed by atoms with van der Waals surface area (Å²) in [5, 5.41) is 20.9. The van der Waals surface area contributed by atoms with Crippen molar-refractivity contribution in [3.63, 3.8) is 0 Å². The minimum atomic E-state index is -0.992. The van der Waals surface area contributed by atoms with Gasteiger partial charge in [0.15, 0.2) is 0 Å². The van der Waals surface area contributed by atoms with Crippen molar-refractivity contribution in [2.24, 2.45) is 5.92 Å². The van der Waals surface area contributed by atoms with Gasteiger partial charge < -0.3 is 19.5 Å². The average Bonchev–Trinajstić information content (AvgIpc) is 2.30. The summed E-state index contributed by atoms with van der Waals surface area (Å²) in [5.41, 5.74) is 0.